The van der Waals surface area contributed by atoms with Crippen molar-refractivity contribution in [1.29, 1.82) is 0 Å². The second-order valence-corrected chi connectivity index (χ2v) is 4.07. The first-order valence-corrected chi connectivity index (χ1v) is 5.62. The number of aliphatic hydroxyl groups is 1. The van der Waals surface area contributed by atoms with Crippen LogP contribution in [0.4, 0.5) is 5.69 Å². The van der Waals surface area contributed by atoms with Crippen molar-refractivity contribution >= 4 is 11.7 Å². The molecule has 1 atom stereocenters. The predicted octanol–water partition coefficient (Wildman–Crippen LogP) is 1.75. The van der Waals surface area contributed by atoms with Crippen molar-refractivity contribution in [2.75, 3.05) is 0 Å². The summed E-state index contributed by atoms with van der Waals surface area (Å²) >= 11 is 0. The zero-order valence-electron chi connectivity index (χ0n) is 9.78. The summed E-state index contributed by atoms with van der Waals surface area (Å²) in [6.07, 6.45) is 0.630. The van der Waals surface area contributed by atoms with Gasteiger partial charge in [0.2, 0.25) is 0 Å². The average molecular weight is 253 g/mol. The molecule has 0 aliphatic heterocycles. The standard InChI is InChI=1S/C12H15NO5/c14-11(8-12(15)16)3-1-2-9-4-6-10(7-5-9)13(17)18/h4-7,11,14H,1-3,8H2,(H,15,16)/t11-/m1/s1. The monoisotopic (exact) mass is 253 g/mol. The fourth-order valence-electron chi connectivity index (χ4n) is 1.63. The summed E-state index contributed by atoms with van der Waals surface area (Å²) in [5, 5.41) is 28.2. The summed E-state index contributed by atoms with van der Waals surface area (Å²) in [6.45, 7) is 0. The fraction of sp³-hybridized carbons (Fsp3) is 0.417. The number of nitro benzene ring substituents is 1. The van der Waals surface area contributed by atoms with E-state index in [2.05, 4.69) is 0 Å². The lowest BCUT2D eigenvalue weighted by Crippen LogP contribution is -2.12. The van der Waals surface area contributed by atoms with Crippen LogP contribution in [0.15, 0.2) is 24.3 Å². The Morgan fingerprint density at radius 2 is 1.94 bits per heavy atom. The summed E-state index contributed by atoms with van der Waals surface area (Å²) in [7, 11) is 0. The van der Waals surface area contributed by atoms with Gasteiger partial charge >= 0.3 is 5.97 Å². The van der Waals surface area contributed by atoms with E-state index in [4.69, 9.17) is 5.11 Å². The maximum Gasteiger partial charge on any atom is 0.305 e. The maximum atomic E-state index is 10.4. The molecule has 0 fully saturated rings. The third kappa shape index (κ3) is 4.92. The minimum atomic E-state index is -1.02. The third-order valence-corrected chi connectivity index (χ3v) is 2.56. The van der Waals surface area contributed by atoms with E-state index in [9.17, 15) is 20.0 Å². The molecule has 0 amide bonds. The van der Waals surface area contributed by atoms with Crippen LogP contribution in [-0.4, -0.2) is 27.2 Å². The first-order valence-electron chi connectivity index (χ1n) is 5.62. The summed E-state index contributed by atoms with van der Waals surface area (Å²) in [5.41, 5.74) is 0.979. The van der Waals surface area contributed by atoms with Gasteiger partial charge in [0.1, 0.15) is 0 Å². The number of hydrogen-bond donors (Lipinski definition) is 2. The Bertz CT molecular complexity index is 415. The molecule has 0 aromatic heterocycles. The van der Waals surface area contributed by atoms with E-state index < -0.39 is 17.0 Å². The highest BCUT2D eigenvalue weighted by Crippen LogP contribution is 2.14. The van der Waals surface area contributed by atoms with Crippen molar-refractivity contribution in [1.82, 2.24) is 0 Å². The third-order valence-electron chi connectivity index (χ3n) is 2.56. The molecule has 1 rings (SSSR count). The van der Waals surface area contributed by atoms with Crippen LogP contribution in [0.1, 0.15) is 24.8 Å². The Hall–Kier alpha value is -1.95. The summed E-state index contributed by atoms with van der Waals surface area (Å²) in [5.74, 6) is -1.02. The number of rotatable bonds is 7. The van der Waals surface area contributed by atoms with Gasteiger partial charge in [0.25, 0.3) is 5.69 Å². The smallest absolute Gasteiger partial charge is 0.305 e. The van der Waals surface area contributed by atoms with Crippen LogP contribution >= 0.6 is 0 Å². The molecule has 1 aromatic rings. The van der Waals surface area contributed by atoms with Gasteiger partial charge in [0.05, 0.1) is 17.4 Å². The Balaban J connectivity index is 2.35. The molecule has 1 aromatic carbocycles. The minimum Gasteiger partial charge on any atom is -0.481 e. The quantitative estimate of drug-likeness (QED) is 0.569. The SMILES string of the molecule is O=C(O)C[C@H](O)CCCc1ccc([N+](=O)[O-])cc1. The molecule has 0 radical (unpaired) electrons. The lowest BCUT2D eigenvalue weighted by molar-refractivity contribution is -0.384. The van der Waals surface area contributed by atoms with Crippen LogP contribution in [0.2, 0.25) is 0 Å². The predicted molar refractivity (Wildman–Crippen MR) is 64.3 cm³/mol. The highest BCUT2D eigenvalue weighted by molar-refractivity contribution is 5.67. The van der Waals surface area contributed by atoms with Gasteiger partial charge < -0.3 is 10.2 Å². The van der Waals surface area contributed by atoms with Crippen molar-refractivity contribution in [3.63, 3.8) is 0 Å². The van der Waals surface area contributed by atoms with Crippen molar-refractivity contribution in [3.05, 3.63) is 39.9 Å². The number of nitro groups is 1. The molecule has 0 unspecified atom stereocenters. The van der Waals surface area contributed by atoms with Gasteiger partial charge in [-0.05, 0) is 24.8 Å². The van der Waals surface area contributed by atoms with Gasteiger partial charge in [-0.1, -0.05) is 12.1 Å². The van der Waals surface area contributed by atoms with Gasteiger partial charge in [0.15, 0.2) is 0 Å². The van der Waals surface area contributed by atoms with Crippen LogP contribution < -0.4 is 0 Å². The molecule has 0 aliphatic rings. The zero-order valence-corrected chi connectivity index (χ0v) is 9.78. The molecule has 0 aliphatic carbocycles. The molecule has 0 bridgehead atoms. The maximum absolute atomic E-state index is 10.4. The lowest BCUT2D eigenvalue weighted by atomic mass is 10.0. The lowest BCUT2D eigenvalue weighted by Gasteiger charge is -2.07. The van der Waals surface area contributed by atoms with E-state index in [1.807, 2.05) is 0 Å². The first-order chi connectivity index (χ1) is 8.49. The number of carbonyl (C=O) groups is 1. The van der Waals surface area contributed by atoms with Crippen LogP contribution in [-0.2, 0) is 11.2 Å². The number of hydrogen-bond acceptors (Lipinski definition) is 4. The van der Waals surface area contributed by atoms with Crippen molar-refractivity contribution in [2.45, 2.75) is 31.8 Å². The number of benzene rings is 1. The normalized spacial score (nSPS) is 12.1. The van der Waals surface area contributed by atoms with E-state index in [1.54, 1.807) is 12.1 Å². The molecule has 2 N–H and O–H groups in total. The number of aryl methyl sites for hydroxylation is 1. The van der Waals surface area contributed by atoms with E-state index in [1.165, 1.54) is 12.1 Å². The molecular formula is C12H15NO5. The largest absolute Gasteiger partial charge is 0.481 e. The molecule has 0 saturated heterocycles. The Kier molecular flexibility index (Phi) is 5.26. The van der Waals surface area contributed by atoms with E-state index >= 15 is 0 Å². The van der Waals surface area contributed by atoms with Gasteiger partial charge in [-0.3, -0.25) is 14.9 Å². The molecule has 0 saturated carbocycles. The Morgan fingerprint density at radius 3 is 2.44 bits per heavy atom. The van der Waals surface area contributed by atoms with Gasteiger partial charge in [-0.2, -0.15) is 0 Å². The summed E-state index contributed by atoms with van der Waals surface area (Å²) in [4.78, 5) is 20.3. The summed E-state index contributed by atoms with van der Waals surface area (Å²) in [6, 6.07) is 6.20. The van der Waals surface area contributed by atoms with E-state index in [-0.39, 0.29) is 12.1 Å². The number of aliphatic carboxylic acids is 1. The number of non-ortho nitro benzene ring substituents is 1. The molecule has 6 nitrogen and oxygen atoms in total. The van der Waals surface area contributed by atoms with Gasteiger partial charge in [-0.25, -0.2) is 0 Å². The minimum absolute atomic E-state index is 0.0460. The second kappa shape index (κ2) is 6.70. The van der Waals surface area contributed by atoms with Crippen LogP contribution in [0.25, 0.3) is 0 Å². The van der Waals surface area contributed by atoms with Gasteiger partial charge in [-0.15, -0.1) is 0 Å². The van der Waals surface area contributed by atoms with E-state index in [0.29, 0.717) is 19.3 Å². The van der Waals surface area contributed by atoms with E-state index in [0.717, 1.165) is 5.56 Å². The highest BCUT2D eigenvalue weighted by atomic mass is 16.6. The molecule has 98 valence electrons. The van der Waals surface area contributed by atoms with Crippen LogP contribution in [0, 0.1) is 10.1 Å². The fourth-order valence-corrected chi connectivity index (χ4v) is 1.63. The van der Waals surface area contributed by atoms with Crippen LogP contribution in [0.3, 0.4) is 0 Å². The zero-order chi connectivity index (χ0) is 13.5. The molecule has 0 spiro atoms. The number of carboxylic acid groups (broad SMARTS) is 1. The van der Waals surface area contributed by atoms with Crippen molar-refractivity contribution < 1.29 is 19.9 Å². The molecule has 18 heavy (non-hydrogen) atoms. The topological polar surface area (TPSA) is 101 Å². The summed E-state index contributed by atoms with van der Waals surface area (Å²) < 4.78 is 0. The Morgan fingerprint density at radius 1 is 1.33 bits per heavy atom. The van der Waals surface area contributed by atoms with Crippen molar-refractivity contribution in [2.24, 2.45) is 0 Å². The van der Waals surface area contributed by atoms with Crippen molar-refractivity contribution in [3.8, 4) is 0 Å². The molecule has 0 heterocycles. The number of carboxylic acids is 1. The van der Waals surface area contributed by atoms with Gasteiger partial charge in [0, 0.05) is 12.1 Å². The average Bonchev–Trinajstić information content (AvgIpc) is 2.28. The second-order valence-electron chi connectivity index (χ2n) is 4.07. The highest BCUT2D eigenvalue weighted by Gasteiger charge is 2.09. The van der Waals surface area contributed by atoms with Crippen LogP contribution in [0.5, 0.6) is 0 Å². The molecular weight excluding hydrogens is 238 g/mol. The number of nitrogens with zero attached hydrogens (tertiary/aromatic N) is 1. The first kappa shape index (κ1) is 14.1. The molecule has 6 heteroatoms. The Labute approximate surface area is 104 Å². The number of aliphatic hydroxyl groups excluding tert-OH is 1.